The monoisotopic (exact) mass is 290 g/mol. The predicted molar refractivity (Wildman–Crippen MR) is 71.3 cm³/mol. The second-order valence-electron chi connectivity index (χ2n) is 3.90. The molecule has 0 aliphatic rings. The number of nitrogens with one attached hydrogen (secondary N) is 2. The van der Waals surface area contributed by atoms with Crippen molar-refractivity contribution in [3.8, 4) is 5.75 Å². The number of sulfonamides is 1. The zero-order chi connectivity index (χ0) is 14.3. The van der Waals surface area contributed by atoms with Gasteiger partial charge in [-0.05, 0) is 37.7 Å². The number of methoxy groups -OCH3 is 1. The molecule has 0 spiro atoms. The van der Waals surface area contributed by atoms with Crippen LogP contribution in [0, 0.1) is 5.82 Å². The summed E-state index contributed by atoms with van der Waals surface area (Å²) in [5.41, 5.74) is 0. The highest BCUT2D eigenvalue weighted by Gasteiger charge is 2.15. The Bertz CT molecular complexity index is 506. The average molecular weight is 290 g/mol. The van der Waals surface area contributed by atoms with Gasteiger partial charge in [-0.25, -0.2) is 17.5 Å². The maximum atomic E-state index is 13.4. The van der Waals surface area contributed by atoms with Gasteiger partial charge in [-0.1, -0.05) is 6.92 Å². The summed E-state index contributed by atoms with van der Waals surface area (Å²) in [6.07, 6.45) is 0.672. The van der Waals surface area contributed by atoms with E-state index in [1.54, 1.807) is 0 Å². The molecule has 0 amide bonds. The summed E-state index contributed by atoms with van der Waals surface area (Å²) in [6.45, 7) is 3.86. The number of ether oxygens (including phenoxy) is 1. The van der Waals surface area contributed by atoms with Gasteiger partial charge >= 0.3 is 0 Å². The molecule has 0 aliphatic heterocycles. The van der Waals surface area contributed by atoms with Gasteiger partial charge in [0.2, 0.25) is 10.0 Å². The average Bonchev–Trinajstić information content (AvgIpc) is 2.38. The lowest BCUT2D eigenvalue weighted by atomic mass is 10.3. The quantitative estimate of drug-likeness (QED) is 0.704. The molecule has 0 fully saturated rings. The fourth-order valence-electron chi connectivity index (χ4n) is 1.49. The minimum absolute atomic E-state index is 0.0195. The van der Waals surface area contributed by atoms with Crippen LogP contribution in [-0.4, -0.2) is 35.2 Å². The van der Waals surface area contributed by atoms with Gasteiger partial charge < -0.3 is 10.1 Å². The lowest BCUT2D eigenvalue weighted by molar-refractivity contribution is 0.385. The lowest BCUT2D eigenvalue weighted by Gasteiger charge is -2.08. The highest BCUT2D eigenvalue weighted by atomic mass is 32.2. The molecule has 1 rings (SSSR count). The molecule has 0 heterocycles. The summed E-state index contributed by atoms with van der Waals surface area (Å²) in [5, 5.41) is 3.09. The molecule has 19 heavy (non-hydrogen) atoms. The molecule has 108 valence electrons. The maximum Gasteiger partial charge on any atom is 0.240 e. The minimum Gasteiger partial charge on any atom is -0.494 e. The Hall–Kier alpha value is -1.18. The van der Waals surface area contributed by atoms with Crippen LogP contribution in [0.1, 0.15) is 13.3 Å². The standard InChI is InChI=1S/C12H19FN2O3S/c1-3-14-7-4-8-15-19(16,17)10-5-6-12(18-2)11(13)9-10/h5-6,9,14-15H,3-4,7-8H2,1-2H3. The van der Waals surface area contributed by atoms with Crippen LogP contribution in [0.5, 0.6) is 5.75 Å². The number of rotatable bonds is 8. The Morgan fingerprint density at radius 1 is 1.32 bits per heavy atom. The third-order valence-electron chi connectivity index (χ3n) is 2.51. The highest BCUT2D eigenvalue weighted by Crippen LogP contribution is 2.20. The first-order valence-electron chi connectivity index (χ1n) is 6.05. The van der Waals surface area contributed by atoms with E-state index in [2.05, 4.69) is 10.0 Å². The predicted octanol–water partition coefficient (Wildman–Crippen LogP) is 1.11. The topological polar surface area (TPSA) is 67.4 Å². The summed E-state index contributed by atoms with van der Waals surface area (Å²) in [4.78, 5) is -0.103. The van der Waals surface area contributed by atoms with Gasteiger partial charge in [-0.2, -0.15) is 0 Å². The number of benzene rings is 1. The molecule has 0 saturated heterocycles. The summed E-state index contributed by atoms with van der Waals surface area (Å²) >= 11 is 0. The van der Waals surface area contributed by atoms with Crippen LogP contribution < -0.4 is 14.8 Å². The molecule has 0 bridgehead atoms. The van der Waals surface area contributed by atoms with Crippen LogP contribution in [-0.2, 0) is 10.0 Å². The van der Waals surface area contributed by atoms with E-state index in [-0.39, 0.29) is 10.6 Å². The SMILES string of the molecule is CCNCCCNS(=O)(=O)c1ccc(OC)c(F)c1. The summed E-state index contributed by atoms with van der Waals surface area (Å²) in [5.74, 6) is -0.677. The molecule has 0 aliphatic carbocycles. The van der Waals surface area contributed by atoms with Crippen LogP contribution in [0.25, 0.3) is 0 Å². The lowest BCUT2D eigenvalue weighted by Crippen LogP contribution is -2.27. The fourth-order valence-corrected chi connectivity index (χ4v) is 2.58. The molecule has 0 unspecified atom stereocenters. The Morgan fingerprint density at radius 2 is 2.05 bits per heavy atom. The van der Waals surface area contributed by atoms with Crippen molar-refractivity contribution in [3.63, 3.8) is 0 Å². The molecule has 5 nitrogen and oxygen atoms in total. The maximum absolute atomic E-state index is 13.4. The van der Waals surface area contributed by atoms with Gasteiger partial charge in [-0.15, -0.1) is 0 Å². The first kappa shape index (κ1) is 15.9. The zero-order valence-electron chi connectivity index (χ0n) is 11.1. The summed E-state index contributed by atoms with van der Waals surface area (Å²) < 4.78 is 44.4. The minimum atomic E-state index is -3.67. The van der Waals surface area contributed by atoms with E-state index in [0.717, 1.165) is 19.2 Å². The van der Waals surface area contributed by atoms with Crippen molar-refractivity contribution >= 4 is 10.0 Å². The third kappa shape index (κ3) is 4.77. The van der Waals surface area contributed by atoms with E-state index < -0.39 is 15.8 Å². The molecule has 0 aromatic heterocycles. The van der Waals surface area contributed by atoms with Gasteiger partial charge in [0.15, 0.2) is 11.6 Å². The van der Waals surface area contributed by atoms with Crippen molar-refractivity contribution in [2.45, 2.75) is 18.2 Å². The molecule has 0 saturated carbocycles. The van der Waals surface area contributed by atoms with Crippen molar-refractivity contribution in [2.24, 2.45) is 0 Å². The summed E-state index contributed by atoms with van der Waals surface area (Å²) in [7, 11) is -2.34. The second kappa shape index (κ2) is 7.42. The largest absolute Gasteiger partial charge is 0.494 e. The van der Waals surface area contributed by atoms with E-state index in [1.165, 1.54) is 19.2 Å². The van der Waals surface area contributed by atoms with Gasteiger partial charge in [-0.3, -0.25) is 0 Å². The van der Waals surface area contributed by atoms with Gasteiger partial charge in [0.1, 0.15) is 0 Å². The molecule has 2 N–H and O–H groups in total. The Balaban J connectivity index is 2.64. The number of hydrogen-bond donors (Lipinski definition) is 2. The van der Waals surface area contributed by atoms with E-state index in [1.807, 2.05) is 6.92 Å². The van der Waals surface area contributed by atoms with Crippen LogP contribution in [0.3, 0.4) is 0 Å². The number of hydrogen-bond acceptors (Lipinski definition) is 4. The van der Waals surface area contributed by atoms with Crippen molar-refractivity contribution in [2.75, 3.05) is 26.7 Å². The zero-order valence-corrected chi connectivity index (χ0v) is 11.9. The fraction of sp³-hybridized carbons (Fsp3) is 0.500. The van der Waals surface area contributed by atoms with Crippen LogP contribution in [0.2, 0.25) is 0 Å². The van der Waals surface area contributed by atoms with Crippen LogP contribution in [0.15, 0.2) is 23.1 Å². The molecule has 1 aromatic rings. The van der Waals surface area contributed by atoms with E-state index in [9.17, 15) is 12.8 Å². The van der Waals surface area contributed by atoms with Crippen LogP contribution >= 0.6 is 0 Å². The van der Waals surface area contributed by atoms with E-state index in [4.69, 9.17) is 4.74 Å². The van der Waals surface area contributed by atoms with E-state index >= 15 is 0 Å². The Kier molecular flexibility index (Phi) is 6.20. The first-order chi connectivity index (χ1) is 9.01. The molecule has 7 heteroatoms. The van der Waals surface area contributed by atoms with Gasteiger partial charge in [0.25, 0.3) is 0 Å². The van der Waals surface area contributed by atoms with Crippen molar-refractivity contribution in [3.05, 3.63) is 24.0 Å². The molecular formula is C12H19FN2O3S. The van der Waals surface area contributed by atoms with Gasteiger partial charge in [0.05, 0.1) is 12.0 Å². The molecule has 0 radical (unpaired) electrons. The normalized spacial score (nSPS) is 11.5. The summed E-state index contributed by atoms with van der Waals surface area (Å²) in [6, 6.07) is 3.56. The third-order valence-corrected chi connectivity index (χ3v) is 3.96. The van der Waals surface area contributed by atoms with Crippen molar-refractivity contribution in [1.82, 2.24) is 10.0 Å². The van der Waals surface area contributed by atoms with Crippen LogP contribution in [0.4, 0.5) is 4.39 Å². The highest BCUT2D eigenvalue weighted by molar-refractivity contribution is 7.89. The molecule has 0 atom stereocenters. The van der Waals surface area contributed by atoms with Crippen molar-refractivity contribution < 1.29 is 17.5 Å². The van der Waals surface area contributed by atoms with Crippen molar-refractivity contribution in [1.29, 1.82) is 0 Å². The Morgan fingerprint density at radius 3 is 2.63 bits per heavy atom. The second-order valence-corrected chi connectivity index (χ2v) is 5.67. The molecule has 1 aromatic carbocycles. The van der Waals surface area contributed by atoms with E-state index in [0.29, 0.717) is 13.0 Å². The Labute approximate surface area is 113 Å². The smallest absolute Gasteiger partial charge is 0.240 e. The molecular weight excluding hydrogens is 271 g/mol. The van der Waals surface area contributed by atoms with Gasteiger partial charge in [0, 0.05) is 6.54 Å². The first-order valence-corrected chi connectivity index (χ1v) is 7.53. The number of halogens is 1.